The summed E-state index contributed by atoms with van der Waals surface area (Å²) in [5, 5.41) is 15.8. The van der Waals surface area contributed by atoms with E-state index in [1.165, 1.54) is 6.92 Å². The van der Waals surface area contributed by atoms with Gasteiger partial charge >= 0.3 is 12.1 Å². The number of anilines is 2. The first-order chi connectivity index (χ1) is 16.9. The molecule has 3 aromatic rings. The Labute approximate surface area is 202 Å². The van der Waals surface area contributed by atoms with Crippen LogP contribution in [0, 0.1) is 11.3 Å². The van der Waals surface area contributed by atoms with Gasteiger partial charge in [-0.15, -0.1) is 0 Å². The highest BCUT2D eigenvalue weighted by Gasteiger charge is 2.24. The molecule has 0 radical (unpaired) electrons. The molecule has 10 heteroatoms. The first-order valence-electron chi connectivity index (χ1n) is 11.3. The van der Waals surface area contributed by atoms with Crippen LogP contribution in [0.4, 0.5) is 16.3 Å². The molecular weight excluding hydrogens is 450 g/mol. The predicted octanol–water partition coefficient (Wildman–Crippen LogP) is 4.45. The van der Waals surface area contributed by atoms with Crippen molar-refractivity contribution in [3.63, 3.8) is 0 Å². The van der Waals surface area contributed by atoms with Crippen molar-refractivity contribution in [2.75, 3.05) is 23.3 Å². The lowest BCUT2D eigenvalue weighted by molar-refractivity contribution is -0.147. The molecule has 1 N–H and O–H groups in total. The van der Waals surface area contributed by atoms with Gasteiger partial charge in [-0.05, 0) is 24.6 Å². The highest BCUT2D eigenvalue weighted by molar-refractivity contribution is 5.91. The zero-order chi connectivity index (χ0) is 24.8. The van der Waals surface area contributed by atoms with Gasteiger partial charge in [0.1, 0.15) is 29.8 Å². The molecular formula is C25H25N5O5. The van der Waals surface area contributed by atoms with Gasteiger partial charge in [0.2, 0.25) is 5.69 Å². The Bertz CT molecular complexity index is 1210. The van der Waals surface area contributed by atoms with Gasteiger partial charge in [0, 0.05) is 44.6 Å². The molecule has 4 rings (SSSR count). The number of hydrogen-bond acceptors (Lipinski definition) is 9. The summed E-state index contributed by atoms with van der Waals surface area (Å²) < 4.78 is 16.1. The number of rotatable bonds is 6. The lowest BCUT2D eigenvalue weighted by Gasteiger charge is -2.32. The number of piperidine rings is 1. The average molecular weight is 476 g/mol. The monoisotopic (exact) mass is 475 g/mol. The predicted molar refractivity (Wildman–Crippen MR) is 126 cm³/mol. The zero-order valence-electron chi connectivity index (χ0n) is 19.4. The summed E-state index contributed by atoms with van der Waals surface area (Å²) in [5.41, 5.74) is 1.43. The second kappa shape index (κ2) is 10.7. The number of amides is 1. The van der Waals surface area contributed by atoms with Crippen LogP contribution in [0.1, 0.15) is 44.1 Å². The maximum atomic E-state index is 12.5. The fourth-order valence-electron chi connectivity index (χ4n) is 3.91. The number of nitrogens with one attached hydrogen (secondary N) is 1. The van der Waals surface area contributed by atoms with Gasteiger partial charge in [0.05, 0.1) is 0 Å². The molecule has 2 aromatic heterocycles. The molecule has 0 aliphatic carbocycles. The molecule has 1 atom stereocenters. The SMILES string of the molecule is CC(=O)OC1CCN(c2ccc(-c3onc(C#N)c3NC(=O)OC(C)c3ccccc3)cn2)CC1. The summed E-state index contributed by atoms with van der Waals surface area (Å²) in [4.78, 5) is 30.3. The van der Waals surface area contributed by atoms with Crippen molar-refractivity contribution in [1.29, 1.82) is 5.26 Å². The summed E-state index contributed by atoms with van der Waals surface area (Å²) in [7, 11) is 0. The first-order valence-corrected chi connectivity index (χ1v) is 11.3. The molecule has 10 nitrogen and oxygen atoms in total. The smallest absolute Gasteiger partial charge is 0.412 e. The number of aromatic nitrogens is 2. The van der Waals surface area contributed by atoms with E-state index in [-0.39, 0.29) is 29.2 Å². The minimum absolute atomic E-state index is 0.0686. The largest absolute Gasteiger partial charge is 0.462 e. The van der Waals surface area contributed by atoms with Crippen molar-refractivity contribution in [2.45, 2.75) is 38.9 Å². The first kappa shape index (κ1) is 23.8. The van der Waals surface area contributed by atoms with E-state index in [2.05, 4.69) is 20.4 Å². The lowest BCUT2D eigenvalue weighted by atomic mass is 10.1. The summed E-state index contributed by atoms with van der Waals surface area (Å²) in [6.07, 6.45) is 1.76. The molecule has 1 fully saturated rings. The molecule has 180 valence electrons. The standard InChI is InChI=1S/C25H25N5O5/c1-16(18-6-4-3-5-7-18)33-25(32)28-23-21(14-26)29-35-24(23)19-8-9-22(27-15-19)30-12-10-20(11-13-30)34-17(2)31/h3-9,15-16,20H,10-13H2,1-2H3,(H,28,32). The van der Waals surface area contributed by atoms with E-state index in [4.69, 9.17) is 14.0 Å². The molecule has 1 aliphatic heterocycles. The van der Waals surface area contributed by atoms with Crippen LogP contribution in [0.15, 0.2) is 53.2 Å². The molecule has 0 bridgehead atoms. The normalized spacial score (nSPS) is 14.6. The third-order valence-electron chi connectivity index (χ3n) is 5.69. The van der Waals surface area contributed by atoms with Crippen LogP contribution in [0.2, 0.25) is 0 Å². The minimum Gasteiger partial charge on any atom is -0.462 e. The molecule has 0 spiro atoms. The van der Waals surface area contributed by atoms with E-state index >= 15 is 0 Å². The van der Waals surface area contributed by atoms with E-state index in [0.717, 1.165) is 24.2 Å². The van der Waals surface area contributed by atoms with Crippen LogP contribution >= 0.6 is 0 Å². The van der Waals surface area contributed by atoms with Crippen molar-refractivity contribution < 1.29 is 23.6 Å². The van der Waals surface area contributed by atoms with Crippen LogP contribution in [0.3, 0.4) is 0 Å². The molecule has 35 heavy (non-hydrogen) atoms. The molecule has 1 amide bonds. The Kier molecular flexibility index (Phi) is 7.26. The third-order valence-corrected chi connectivity index (χ3v) is 5.69. The lowest BCUT2D eigenvalue weighted by Crippen LogP contribution is -2.38. The van der Waals surface area contributed by atoms with Gasteiger partial charge in [0.25, 0.3) is 0 Å². The molecule has 3 heterocycles. The Balaban J connectivity index is 1.44. The third kappa shape index (κ3) is 5.76. The van der Waals surface area contributed by atoms with Gasteiger partial charge in [-0.25, -0.2) is 9.78 Å². The van der Waals surface area contributed by atoms with Crippen LogP contribution in [0.5, 0.6) is 0 Å². The number of pyridine rings is 1. The van der Waals surface area contributed by atoms with Gasteiger partial charge in [-0.3, -0.25) is 10.1 Å². The van der Waals surface area contributed by atoms with E-state index in [9.17, 15) is 14.9 Å². The Morgan fingerprint density at radius 2 is 1.94 bits per heavy atom. The zero-order valence-corrected chi connectivity index (χ0v) is 19.4. The fourth-order valence-corrected chi connectivity index (χ4v) is 3.91. The van der Waals surface area contributed by atoms with Crippen molar-refractivity contribution in [3.8, 4) is 17.4 Å². The number of hydrogen-bond donors (Lipinski definition) is 1. The Morgan fingerprint density at radius 3 is 2.57 bits per heavy atom. The van der Waals surface area contributed by atoms with E-state index < -0.39 is 12.2 Å². The molecule has 1 saturated heterocycles. The second-order valence-corrected chi connectivity index (χ2v) is 8.13. The number of ether oxygens (including phenoxy) is 2. The average Bonchev–Trinajstić information content (AvgIpc) is 3.27. The van der Waals surface area contributed by atoms with Gasteiger partial charge in [-0.2, -0.15) is 5.26 Å². The fraction of sp³-hybridized carbons (Fsp3) is 0.320. The van der Waals surface area contributed by atoms with Gasteiger partial charge < -0.3 is 18.9 Å². The van der Waals surface area contributed by atoms with Crippen LogP contribution in [-0.2, 0) is 14.3 Å². The topological polar surface area (TPSA) is 131 Å². The summed E-state index contributed by atoms with van der Waals surface area (Å²) in [6, 6.07) is 14.8. The van der Waals surface area contributed by atoms with Crippen molar-refractivity contribution >= 4 is 23.6 Å². The van der Waals surface area contributed by atoms with Crippen LogP contribution in [0.25, 0.3) is 11.3 Å². The molecule has 1 aromatic carbocycles. The number of benzene rings is 1. The van der Waals surface area contributed by atoms with Crippen molar-refractivity contribution in [3.05, 3.63) is 59.9 Å². The minimum atomic E-state index is -0.734. The van der Waals surface area contributed by atoms with Crippen molar-refractivity contribution in [2.24, 2.45) is 0 Å². The van der Waals surface area contributed by atoms with E-state index in [1.807, 2.05) is 42.5 Å². The summed E-state index contributed by atoms with van der Waals surface area (Å²) >= 11 is 0. The summed E-state index contributed by atoms with van der Waals surface area (Å²) in [6.45, 7) is 4.60. The maximum Gasteiger partial charge on any atom is 0.412 e. The maximum absolute atomic E-state index is 12.5. The molecule has 0 saturated carbocycles. The Hall–Kier alpha value is -4.39. The van der Waals surface area contributed by atoms with Crippen LogP contribution in [-0.4, -0.2) is 41.4 Å². The van der Waals surface area contributed by atoms with Gasteiger partial charge in [0.15, 0.2) is 5.76 Å². The highest BCUT2D eigenvalue weighted by atomic mass is 16.6. The van der Waals surface area contributed by atoms with E-state index in [0.29, 0.717) is 18.7 Å². The van der Waals surface area contributed by atoms with Crippen LogP contribution < -0.4 is 10.2 Å². The molecule has 1 aliphatic rings. The quantitative estimate of drug-likeness (QED) is 0.514. The van der Waals surface area contributed by atoms with Crippen molar-refractivity contribution in [1.82, 2.24) is 10.1 Å². The van der Waals surface area contributed by atoms with Gasteiger partial charge in [-0.1, -0.05) is 35.5 Å². The molecule has 1 unspecified atom stereocenters. The number of carbonyl (C=O) groups is 2. The number of nitriles is 1. The Morgan fingerprint density at radius 1 is 1.20 bits per heavy atom. The number of carbonyl (C=O) groups excluding carboxylic acids is 2. The van der Waals surface area contributed by atoms with E-state index in [1.54, 1.807) is 19.2 Å². The second-order valence-electron chi connectivity index (χ2n) is 8.13. The number of nitrogens with zero attached hydrogens (tertiary/aromatic N) is 4. The number of esters is 1. The summed E-state index contributed by atoms with van der Waals surface area (Å²) in [5.74, 6) is 0.705. The highest BCUT2D eigenvalue weighted by Crippen LogP contribution is 2.32.